The number of nitrogens with two attached hydrogens (primary N) is 1. The molecule has 174 valence electrons. The summed E-state index contributed by atoms with van der Waals surface area (Å²) in [5, 5.41) is 5.02. The van der Waals surface area contributed by atoms with Gasteiger partial charge in [-0.05, 0) is 62.4 Å². The Hall–Kier alpha value is -3.72. The summed E-state index contributed by atoms with van der Waals surface area (Å²) >= 11 is 3.42. The molecule has 2 aromatic carbocycles. The molecule has 1 amide bonds. The molecule has 4 aromatic rings. The van der Waals surface area contributed by atoms with E-state index in [1.165, 1.54) is 4.68 Å². The van der Waals surface area contributed by atoms with Crippen molar-refractivity contribution in [2.24, 2.45) is 10.8 Å². The fourth-order valence-electron chi connectivity index (χ4n) is 3.82. The molecule has 0 saturated heterocycles. The van der Waals surface area contributed by atoms with Crippen molar-refractivity contribution >= 4 is 39.0 Å². The van der Waals surface area contributed by atoms with Gasteiger partial charge in [0, 0.05) is 33.5 Å². The number of carbonyl (C=O) groups is 1. The number of fused-ring (bicyclic) bond motifs is 1. The maximum absolute atomic E-state index is 13.1. The maximum Gasteiger partial charge on any atom is 0.282 e. The van der Waals surface area contributed by atoms with Crippen LogP contribution in [0.3, 0.4) is 0 Å². The van der Waals surface area contributed by atoms with Gasteiger partial charge in [-0.25, -0.2) is 4.98 Å². The standard InChI is InChI=1S/C25H24BrN5O3/c1-4-24-29-22-10-5-18(26)12-21(22)25(33)31(24)28-13-17-11-15(2)30(16(17)3)19-6-8-20(9-7-19)34-14-23(27)32/h5-13H,4,14H2,1-3H3,(H2,27,32). The first-order valence-electron chi connectivity index (χ1n) is 10.7. The van der Waals surface area contributed by atoms with E-state index >= 15 is 0 Å². The van der Waals surface area contributed by atoms with Crippen molar-refractivity contribution < 1.29 is 9.53 Å². The second-order valence-electron chi connectivity index (χ2n) is 7.82. The third-order valence-corrected chi connectivity index (χ3v) is 5.94. The van der Waals surface area contributed by atoms with Gasteiger partial charge in [-0.3, -0.25) is 9.59 Å². The van der Waals surface area contributed by atoms with Gasteiger partial charge >= 0.3 is 0 Å². The van der Waals surface area contributed by atoms with Crippen LogP contribution in [0.25, 0.3) is 16.6 Å². The summed E-state index contributed by atoms with van der Waals surface area (Å²) in [7, 11) is 0. The lowest BCUT2D eigenvalue weighted by molar-refractivity contribution is -0.119. The van der Waals surface area contributed by atoms with Crippen molar-refractivity contribution in [2.45, 2.75) is 27.2 Å². The predicted molar refractivity (Wildman–Crippen MR) is 136 cm³/mol. The Labute approximate surface area is 204 Å². The molecule has 34 heavy (non-hydrogen) atoms. The number of benzene rings is 2. The molecular weight excluding hydrogens is 498 g/mol. The van der Waals surface area contributed by atoms with Gasteiger partial charge in [0.25, 0.3) is 11.5 Å². The van der Waals surface area contributed by atoms with Crippen LogP contribution in [-0.2, 0) is 11.2 Å². The first kappa shape index (κ1) is 23.4. The highest BCUT2D eigenvalue weighted by molar-refractivity contribution is 9.10. The van der Waals surface area contributed by atoms with Crippen LogP contribution in [0.5, 0.6) is 5.75 Å². The normalized spacial score (nSPS) is 11.4. The Morgan fingerprint density at radius 1 is 1.18 bits per heavy atom. The number of primary amides is 1. The molecule has 0 radical (unpaired) electrons. The largest absolute Gasteiger partial charge is 0.484 e. The minimum Gasteiger partial charge on any atom is -0.484 e. The first-order valence-corrected chi connectivity index (χ1v) is 11.5. The van der Waals surface area contributed by atoms with Crippen LogP contribution < -0.4 is 16.0 Å². The molecule has 0 aliphatic carbocycles. The van der Waals surface area contributed by atoms with E-state index < -0.39 is 5.91 Å². The Bertz CT molecular complexity index is 1470. The molecular formula is C25H24BrN5O3. The Morgan fingerprint density at radius 2 is 1.91 bits per heavy atom. The van der Waals surface area contributed by atoms with E-state index in [0.717, 1.165) is 27.1 Å². The summed E-state index contributed by atoms with van der Waals surface area (Å²) in [6, 6.07) is 14.9. The van der Waals surface area contributed by atoms with Crippen LogP contribution in [0, 0.1) is 13.8 Å². The third-order valence-electron chi connectivity index (χ3n) is 5.45. The SMILES string of the molecule is CCc1nc2ccc(Br)cc2c(=O)n1N=Cc1cc(C)n(-c2ccc(OCC(N)=O)cc2)c1C. The number of ether oxygens (including phenoxy) is 1. The lowest BCUT2D eigenvalue weighted by atomic mass is 10.2. The van der Waals surface area contributed by atoms with Gasteiger partial charge < -0.3 is 15.0 Å². The van der Waals surface area contributed by atoms with Gasteiger partial charge in [-0.2, -0.15) is 9.78 Å². The number of rotatable bonds is 7. The fraction of sp³-hybridized carbons (Fsp3) is 0.200. The number of aryl methyl sites for hydroxylation is 2. The second kappa shape index (κ2) is 9.64. The van der Waals surface area contributed by atoms with Crippen LogP contribution in [0.2, 0.25) is 0 Å². The van der Waals surface area contributed by atoms with Gasteiger partial charge in [0.2, 0.25) is 0 Å². The summed E-state index contributed by atoms with van der Waals surface area (Å²) < 4.78 is 9.60. The molecule has 9 heteroatoms. The lowest BCUT2D eigenvalue weighted by Gasteiger charge is -2.11. The summed E-state index contributed by atoms with van der Waals surface area (Å²) in [4.78, 5) is 28.7. The first-order chi connectivity index (χ1) is 16.3. The number of carbonyl (C=O) groups excluding carboxylic acids is 1. The average molecular weight is 522 g/mol. The quantitative estimate of drug-likeness (QED) is 0.372. The molecule has 0 aliphatic rings. The molecule has 0 bridgehead atoms. The van der Waals surface area contributed by atoms with Gasteiger partial charge in [0.05, 0.1) is 17.1 Å². The molecule has 2 aromatic heterocycles. The zero-order valence-electron chi connectivity index (χ0n) is 19.1. The molecule has 2 N–H and O–H groups in total. The topological polar surface area (TPSA) is 104 Å². The number of nitrogens with zero attached hydrogens (tertiary/aromatic N) is 4. The van der Waals surface area contributed by atoms with Gasteiger partial charge in [0.15, 0.2) is 6.61 Å². The van der Waals surface area contributed by atoms with Crippen molar-refractivity contribution in [1.29, 1.82) is 0 Å². The summed E-state index contributed by atoms with van der Waals surface area (Å²) in [6.45, 7) is 5.77. The highest BCUT2D eigenvalue weighted by Crippen LogP contribution is 2.22. The van der Waals surface area contributed by atoms with Crippen molar-refractivity contribution in [1.82, 2.24) is 14.2 Å². The number of halogens is 1. The minimum atomic E-state index is -0.523. The number of aromatic nitrogens is 3. The molecule has 0 aliphatic heterocycles. The van der Waals surface area contributed by atoms with E-state index in [2.05, 4.69) is 30.6 Å². The van der Waals surface area contributed by atoms with Crippen molar-refractivity contribution in [2.75, 3.05) is 6.61 Å². The van der Waals surface area contributed by atoms with Crippen molar-refractivity contribution in [3.63, 3.8) is 0 Å². The van der Waals surface area contributed by atoms with E-state index in [9.17, 15) is 9.59 Å². The van der Waals surface area contributed by atoms with Crippen molar-refractivity contribution in [3.8, 4) is 11.4 Å². The average Bonchev–Trinajstić information content (AvgIpc) is 3.10. The van der Waals surface area contributed by atoms with Crippen LogP contribution >= 0.6 is 15.9 Å². The van der Waals surface area contributed by atoms with Gasteiger partial charge in [-0.1, -0.05) is 22.9 Å². The lowest BCUT2D eigenvalue weighted by Crippen LogP contribution is -2.22. The molecule has 2 heterocycles. The highest BCUT2D eigenvalue weighted by atomic mass is 79.9. The molecule has 0 spiro atoms. The van der Waals surface area contributed by atoms with Gasteiger partial charge in [-0.15, -0.1) is 0 Å². The molecule has 0 atom stereocenters. The van der Waals surface area contributed by atoms with E-state index in [0.29, 0.717) is 28.9 Å². The smallest absolute Gasteiger partial charge is 0.282 e. The molecule has 0 fully saturated rings. The van der Waals surface area contributed by atoms with Crippen molar-refractivity contribution in [3.05, 3.63) is 86.1 Å². The molecule has 8 nitrogen and oxygen atoms in total. The van der Waals surface area contributed by atoms with Crippen LogP contribution in [0.4, 0.5) is 0 Å². The van der Waals surface area contributed by atoms with Crippen LogP contribution in [-0.4, -0.2) is 33.0 Å². The van der Waals surface area contributed by atoms with E-state index in [1.54, 1.807) is 24.4 Å². The fourth-order valence-corrected chi connectivity index (χ4v) is 4.19. The van der Waals surface area contributed by atoms with Crippen LogP contribution in [0.15, 0.2) is 62.9 Å². The maximum atomic E-state index is 13.1. The molecule has 0 unspecified atom stereocenters. The zero-order valence-corrected chi connectivity index (χ0v) is 20.7. The monoisotopic (exact) mass is 521 g/mol. The number of hydrogen-bond donors (Lipinski definition) is 1. The third kappa shape index (κ3) is 4.65. The van der Waals surface area contributed by atoms with Crippen LogP contribution in [0.1, 0.15) is 29.7 Å². The summed E-state index contributed by atoms with van der Waals surface area (Å²) in [6.07, 6.45) is 2.26. The summed E-state index contributed by atoms with van der Waals surface area (Å²) in [5.74, 6) is 0.634. The highest BCUT2D eigenvalue weighted by Gasteiger charge is 2.12. The van der Waals surface area contributed by atoms with E-state index in [1.807, 2.05) is 51.1 Å². The number of amides is 1. The predicted octanol–water partition coefficient (Wildman–Crippen LogP) is 3.88. The Balaban J connectivity index is 1.69. The zero-order chi connectivity index (χ0) is 24.4. The van der Waals surface area contributed by atoms with Gasteiger partial charge in [0.1, 0.15) is 11.6 Å². The van der Waals surface area contributed by atoms with E-state index in [4.69, 9.17) is 10.5 Å². The molecule has 4 rings (SSSR count). The van der Waals surface area contributed by atoms with E-state index in [-0.39, 0.29) is 12.2 Å². The summed E-state index contributed by atoms with van der Waals surface area (Å²) in [5.41, 5.74) is 9.36. The minimum absolute atomic E-state index is 0.165. The Morgan fingerprint density at radius 3 is 2.59 bits per heavy atom. The second-order valence-corrected chi connectivity index (χ2v) is 8.73. The molecule has 0 saturated carbocycles. The Kier molecular flexibility index (Phi) is 6.65. The number of hydrogen-bond acceptors (Lipinski definition) is 5.